The van der Waals surface area contributed by atoms with Gasteiger partial charge in [-0.05, 0) is 35.0 Å². The highest BCUT2D eigenvalue weighted by Gasteiger charge is 2.17. The van der Waals surface area contributed by atoms with E-state index in [9.17, 15) is 14.4 Å². The minimum atomic E-state index is -0.653. The van der Waals surface area contributed by atoms with Gasteiger partial charge in [-0.3, -0.25) is 9.59 Å². The Balaban J connectivity index is 1.45. The van der Waals surface area contributed by atoms with Crippen molar-refractivity contribution in [3.63, 3.8) is 0 Å². The standard InChI is InChI=1S/C25H18ClN5O4/c1-35-25(34)19-11-16(26)9-10-20(19)28-23(32)13-30-24(33)22-12-21(29-31(22)14-27-30)18-8-4-6-15-5-2-3-7-17(15)18/h2-12,14H,13H2,1H3,(H,28,32). The lowest BCUT2D eigenvalue weighted by Crippen LogP contribution is -2.31. The van der Waals surface area contributed by atoms with Crippen molar-refractivity contribution >= 4 is 45.5 Å². The highest BCUT2D eigenvalue weighted by molar-refractivity contribution is 6.31. The molecular formula is C25H18ClN5O4. The molecule has 0 atom stereocenters. The minimum Gasteiger partial charge on any atom is -0.465 e. The molecule has 0 radical (unpaired) electrons. The molecule has 0 saturated carbocycles. The molecule has 1 N–H and O–H groups in total. The first-order valence-corrected chi connectivity index (χ1v) is 10.9. The molecule has 2 heterocycles. The van der Waals surface area contributed by atoms with Crippen LogP contribution in [0.4, 0.5) is 5.69 Å². The number of benzene rings is 3. The van der Waals surface area contributed by atoms with Crippen molar-refractivity contribution in [1.82, 2.24) is 19.4 Å². The summed E-state index contributed by atoms with van der Waals surface area (Å²) in [4.78, 5) is 37.8. The lowest BCUT2D eigenvalue weighted by molar-refractivity contribution is -0.117. The van der Waals surface area contributed by atoms with E-state index in [0.29, 0.717) is 10.7 Å². The van der Waals surface area contributed by atoms with Crippen molar-refractivity contribution in [1.29, 1.82) is 0 Å². The van der Waals surface area contributed by atoms with Crippen molar-refractivity contribution in [2.45, 2.75) is 6.54 Å². The monoisotopic (exact) mass is 487 g/mol. The third-order valence-corrected chi connectivity index (χ3v) is 5.74. The zero-order valence-corrected chi connectivity index (χ0v) is 19.2. The number of esters is 1. The van der Waals surface area contributed by atoms with Crippen LogP contribution in [0.2, 0.25) is 5.02 Å². The number of aromatic nitrogens is 4. The van der Waals surface area contributed by atoms with Gasteiger partial charge in [-0.15, -0.1) is 0 Å². The predicted octanol–water partition coefficient (Wildman–Crippen LogP) is 3.79. The first-order chi connectivity index (χ1) is 16.9. The topological polar surface area (TPSA) is 108 Å². The number of carbonyl (C=O) groups is 2. The van der Waals surface area contributed by atoms with E-state index in [-0.39, 0.29) is 23.3 Å². The van der Waals surface area contributed by atoms with E-state index in [0.717, 1.165) is 21.0 Å². The Hall–Kier alpha value is -4.50. The van der Waals surface area contributed by atoms with Gasteiger partial charge < -0.3 is 10.1 Å². The van der Waals surface area contributed by atoms with Gasteiger partial charge in [-0.25, -0.2) is 14.0 Å². The second kappa shape index (κ2) is 9.03. The zero-order chi connectivity index (χ0) is 24.5. The molecular weight excluding hydrogens is 470 g/mol. The molecule has 0 spiro atoms. The number of hydrogen-bond acceptors (Lipinski definition) is 6. The Morgan fingerprint density at radius 3 is 2.69 bits per heavy atom. The molecule has 35 heavy (non-hydrogen) atoms. The fourth-order valence-electron chi connectivity index (χ4n) is 3.86. The van der Waals surface area contributed by atoms with Crippen LogP contribution in [-0.4, -0.2) is 38.4 Å². The largest absolute Gasteiger partial charge is 0.465 e. The zero-order valence-electron chi connectivity index (χ0n) is 18.4. The average molecular weight is 488 g/mol. The van der Waals surface area contributed by atoms with Gasteiger partial charge in [0, 0.05) is 10.6 Å². The van der Waals surface area contributed by atoms with Crippen LogP contribution in [-0.2, 0) is 16.1 Å². The van der Waals surface area contributed by atoms with E-state index in [1.807, 2.05) is 42.5 Å². The van der Waals surface area contributed by atoms with Crippen LogP contribution in [0.5, 0.6) is 0 Å². The highest BCUT2D eigenvalue weighted by Crippen LogP contribution is 2.28. The lowest BCUT2D eigenvalue weighted by Gasteiger charge is -2.10. The van der Waals surface area contributed by atoms with Crippen LogP contribution >= 0.6 is 11.6 Å². The van der Waals surface area contributed by atoms with E-state index in [4.69, 9.17) is 16.3 Å². The number of hydrogen-bond donors (Lipinski definition) is 1. The van der Waals surface area contributed by atoms with Crippen LogP contribution < -0.4 is 10.9 Å². The van der Waals surface area contributed by atoms with Crippen LogP contribution in [0.25, 0.3) is 27.5 Å². The fourth-order valence-corrected chi connectivity index (χ4v) is 4.03. The number of halogens is 1. The van der Waals surface area contributed by atoms with Crippen molar-refractivity contribution in [2.75, 3.05) is 12.4 Å². The molecule has 2 aromatic heterocycles. The number of ether oxygens (including phenoxy) is 1. The van der Waals surface area contributed by atoms with Crippen LogP contribution in [0.3, 0.4) is 0 Å². The summed E-state index contributed by atoms with van der Waals surface area (Å²) in [5, 5.41) is 13.6. The van der Waals surface area contributed by atoms with Gasteiger partial charge in [0.25, 0.3) is 5.56 Å². The van der Waals surface area contributed by atoms with Crippen LogP contribution in [0, 0.1) is 0 Å². The third-order valence-electron chi connectivity index (χ3n) is 5.51. The summed E-state index contributed by atoms with van der Waals surface area (Å²) in [5.41, 5.74) is 1.60. The van der Waals surface area contributed by atoms with Gasteiger partial charge in [0.05, 0.1) is 24.1 Å². The summed E-state index contributed by atoms with van der Waals surface area (Å²) in [6, 6.07) is 19.9. The quantitative estimate of drug-likeness (QED) is 0.378. The number of methoxy groups -OCH3 is 1. The van der Waals surface area contributed by atoms with Crippen molar-refractivity contribution in [3.8, 4) is 11.3 Å². The molecule has 0 aliphatic heterocycles. The van der Waals surface area contributed by atoms with E-state index < -0.39 is 17.4 Å². The molecule has 10 heteroatoms. The Bertz CT molecular complexity index is 1670. The minimum absolute atomic E-state index is 0.0969. The molecule has 0 fully saturated rings. The molecule has 0 aliphatic carbocycles. The molecule has 9 nitrogen and oxygen atoms in total. The van der Waals surface area contributed by atoms with E-state index >= 15 is 0 Å². The van der Waals surface area contributed by atoms with E-state index in [2.05, 4.69) is 15.5 Å². The number of fused-ring (bicyclic) bond motifs is 2. The van der Waals surface area contributed by atoms with Crippen molar-refractivity contribution in [2.24, 2.45) is 0 Å². The Morgan fingerprint density at radius 2 is 1.86 bits per heavy atom. The maximum Gasteiger partial charge on any atom is 0.340 e. The normalized spacial score (nSPS) is 11.0. The second-order valence-corrected chi connectivity index (χ2v) is 8.15. The van der Waals surface area contributed by atoms with E-state index in [1.165, 1.54) is 36.2 Å². The summed E-state index contributed by atoms with van der Waals surface area (Å²) in [6.45, 7) is -0.368. The second-order valence-electron chi connectivity index (χ2n) is 7.71. The molecule has 5 aromatic rings. The smallest absolute Gasteiger partial charge is 0.340 e. The number of anilines is 1. The Labute approximate surface area is 203 Å². The van der Waals surface area contributed by atoms with Gasteiger partial charge >= 0.3 is 5.97 Å². The molecule has 174 valence electrons. The van der Waals surface area contributed by atoms with Gasteiger partial charge in [0.2, 0.25) is 5.91 Å². The molecule has 0 unspecified atom stereocenters. The Morgan fingerprint density at radius 1 is 1.06 bits per heavy atom. The Kier molecular flexibility index (Phi) is 5.76. The summed E-state index contributed by atoms with van der Waals surface area (Å²) < 4.78 is 7.16. The van der Waals surface area contributed by atoms with Crippen LogP contribution in [0.1, 0.15) is 10.4 Å². The van der Waals surface area contributed by atoms with Crippen LogP contribution in [0.15, 0.2) is 77.9 Å². The van der Waals surface area contributed by atoms with Gasteiger partial charge in [0.1, 0.15) is 18.4 Å². The molecule has 0 bridgehead atoms. The summed E-state index contributed by atoms with van der Waals surface area (Å²) in [7, 11) is 1.23. The lowest BCUT2D eigenvalue weighted by atomic mass is 10.0. The average Bonchev–Trinajstić information content (AvgIpc) is 3.31. The number of carbonyl (C=O) groups excluding carboxylic acids is 2. The number of amides is 1. The third kappa shape index (κ3) is 4.24. The van der Waals surface area contributed by atoms with E-state index in [1.54, 1.807) is 6.07 Å². The summed E-state index contributed by atoms with van der Waals surface area (Å²) in [5.74, 6) is -1.20. The first kappa shape index (κ1) is 22.3. The molecule has 0 aliphatic rings. The number of rotatable bonds is 5. The SMILES string of the molecule is COC(=O)c1cc(Cl)ccc1NC(=O)Cn1ncn2nc(-c3cccc4ccccc34)cc2c1=O. The maximum absolute atomic E-state index is 13.1. The highest BCUT2D eigenvalue weighted by atomic mass is 35.5. The first-order valence-electron chi connectivity index (χ1n) is 10.6. The molecule has 5 rings (SSSR count). The predicted molar refractivity (Wildman–Crippen MR) is 132 cm³/mol. The number of nitrogens with zero attached hydrogens (tertiary/aromatic N) is 4. The summed E-state index contributed by atoms with van der Waals surface area (Å²) in [6.07, 6.45) is 1.38. The molecule has 3 aromatic carbocycles. The van der Waals surface area contributed by atoms with Crippen molar-refractivity contribution < 1.29 is 14.3 Å². The maximum atomic E-state index is 13.1. The van der Waals surface area contributed by atoms with Crippen molar-refractivity contribution in [3.05, 3.63) is 94.0 Å². The van der Waals surface area contributed by atoms with Gasteiger partial charge in [0.15, 0.2) is 0 Å². The fraction of sp³-hybridized carbons (Fsp3) is 0.0800. The molecule has 1 amide bonds. The number of nitrogens with one attached hydrogen (secondary N) is 1. The van der Waals surface area contributed by atoms with Gasteiger partial charge in [-0.2, -0.15) is 10.2 Å². The molecule has 0 saturated heterocycles. The van der Waals surface area contributed by atoms with Gasteiger partial charge in [-0.1, -0.05) is 54.1 Å². The summed E-state index contributed by atoms with van der Waals surface area (Å²) >= 11 is 5.95.